The van der Waals surface area contributed by atoms with Crippen LogP contribution in [0.4, 0.5) is 5.69 Å². The molecule has 1 aromatic heterocycles. The van der Waals surface area contributed by atoms with E-state index in [1.807, 2.05) is 17.5 Å². The number of likely N-dealkylation sites (tertiary alicyclic amines) is 1. The molecule has 4 rings (SSSR count). The van der Waals surface area contributed by atoms with E-state index >= 15 is 0 Å². The molecule has 0 saturated carbocycles. The van der Waals surface area contributed by atoms with Crippen molar-refractivity contribution in [3.63, 3.8) is 0 Å². The van der Waals surface area contributed by atoms with E-state index in [0.29, 0.717) is 12.2 Å². The number of rotatable bonds is 5. The average Bonchev–Trinajstić information content (AvgIpc) is 3.45. The molecule has 1 aromatic carbocycles. The van der Waals surface area contributed by atoms with Crippen LogP contribution in [0.5, 0.6) is 0 Å². The molecule has 0 aliphatic carbocycles. The van der Waals surface area contributed by atoms with Crippen molar-refractivity contribution in [2.75, 3.05) is 18.2 Å². The Balaban J connectivity index is 1.34. The molecule has 0 bridgehead atoms. The second-order valence-corrected chi connectivity index (χ2v) is 8.13. The van der Waals surface area contributed by atoms with Gasteiger partial charge in [0.05, 0.1) is 17.3 Å². The van der Waals surface area contributed by atoms with Crippen molar-refractivity contribution in [3.8, 4) is 0 Å². The number of thiophene rings is 1. The number of nitrogens with zero attached hydrogens (tertiary/aromatic N) is 2. The third-order valence-electron chi connectivity index (χ3n) is 5.18. The van der Waals surface area contributed by atoms with Gasteiger partial charge in [-0.2, -0.15) is 0 Å². The average molecular weight is 427 g/mol. The van der Waals surface area contributed by atoms with Crippen molar-refractivity contribution in [3.05, 3.63) is 52.2 Å². The molecule has 2 fully saturated rings. The predicted molar refractivity (Wildman–Crippen MR) is 110 cm³/mol. The first-order chi connectivity index (χ1) is 14.5. The van der Waals surface area contributed by atoms with Crippen LogP contribution >= 0.6 is 11.3 Å². The van der Waals surface area contributed by atoms with Gasteiger partial charge in [0.2, 0.25) is 11.8 Å². The Kier molecular flexibility index (Phi) is 5.80. The summed E-state index contributed by atoms with van der Waals surface area (Å²) >= 11 is 1.62. The number of carbonyl (C=O) groups is 4. The molecular formula is C21H21N3O5S. The van der Waals surface area contributed by atoms with Gasteiger partial charge < -0.3 is 9.64 Å². The third kappa shape index (κ3) is 4.20. The van der Waals surface area contributed by atoms with Gasteiger partial charge in [-0.25, -0.2) is 9.80 Å². The normalized spacial score (nSPS) is 19.0. The second-order valence-electron chi connectivity index (χ2n) is 7.15. The standard InChI is InChI=1S/C21H21N3O5S/c25-18-9-10-19(26)24(22-18)15-7-5-14(6-8-15)21(28)29-13-20(27)23-11-1-3-16(23)17-4-2-12-30-17/h2,4-8,12,16H,1,3,9-11,13H2,(H,22,25). The Morgan fingerprint density at radius 1 is 1.13 bits per heavy atom. The van der Waals surface area contributed by atoms with Gasteiger partial charge in [0.1, 0.15) is 0 Å². The minimum atomic E-state index is -0.615. The van der Waals surface area contributed by atoms with Gasteiger partial charge in [-0.05, 0) is 48.6 Å². The Hall–Kier alpha value is -3.20. The lowest BCUT2D eigenvalue weighted by Crippen LogP contribution is -2.50. The number of benzene rings is 1. The maximum Gasteiger partial charge on any atom is 0.338 e. The number of nitrogens with one attached hydrogen (secondary N) is 1. The maximum atomic E-state index is 12.6. The SMILES string of the molecule is O=C1CCC(=O)N(c2ccc(C(=O)OCC(=O)N3CCCC3c3cccs3)cc2)N1. The molecule has 8 nitrogen and oxygen atoms in total. The fourth-order valence-corrected chi connectivity index (χ4v) is 4.54. The van der Waals surface area contributed by atoms with Gasteiger partial charge >= 0.3 is 5.97 Å². The minimum Gasteiger partial charge on any atom is -0.452 e. The molecule has 9 heteroatoms. The molecule has 2 saturated heterocycles. The fraction of sp³-hybridized carbons (Fsp3) is 0.333. The molecule has 30 heavy (non-hydrogen) atoms. The summed E-state index contributed by atoms with van der Waals surface area (Å²) in [7, 11) is 0. The van der Waals surface area contributed by atoms with Crippen molar-refractivity contribution in [2.45, 2.75) is 31.7 Å². The molecule has 2 aromatic rings. The first-order valence-corrected chi connectivity index (χ1v) is 10.6. The number of ether oxygens (including phenoxy) is 1. The number of amides is 3. The maximum absolute atomic E-state index is 12.6. The molecule has 2 aliphatic heterocycles. The van der Waals surface area contributed by atoms with Crippen molar-refractivity contribution < 1.29 is 23.9 Å². The zero-order valence-corrected chi connectivity index (χ0v) is 17.0. The number of hydrogen-bond acceptors (Lipinski definition) is 6. The van der Waals surface area contributed by atoms with Crippen LogP contribution in [-0.4, -0.2) is 41.7 Å². The molecule has 3 heterocycles. The van der Waals surface area contributed by atoms with Crippen molar-refractivity contribution in [1.29, 1.82) is 0 Å². The molecular weight excluding hydrogens is 406 g/mol. The molecule has 0 spiro atoms. The summed E-state index contributed by atoms with van der Waals surface area (Å²) in [5, 5.41) is 3.16. The van der Waals surface area contributed by atoms with E-state index in [0.717, 1.165) is 17.7 Å². The summed E-state index contributed by atoms with van der Waals surface area (Å²) < 4.78 is 5.21. The van der Waals surface area contributed by atoms with Crippen LogP contribution < -0.4 is 10.4 Å². The van der Waals surface area contributed by atoms with Crippen molar-refractivity contribution in [2.24, 2.45) is 0 Å². The zero-order chi connectivity index (χ0) is 21.1. The molecule has 1 N–H and O–H groups in total. The van der Waals surface area contributed by atoms with E-state index in [9.17, 15) is 19.2 Å². The summed E-state index contributed by atoms with van der Waals surface area (Å²) in [6, 6.07) is 10.1. The highest BCUT2D eigenvalue weighted by molar-refractivity contribution is 7.10. The molecule has 2 aliphatic rings. The van der Waals surface area contributed by atoms with Crippen LogP contribution in [0.2, 0.25) is 0 Å². The van der Waals surface area contributed by atoms with Gasteiger partial charge in [0.15, 0.2) is 6.61 Å². The number of esters is 1. The van der Waals surface area contributed by atoms with Crippen LogP contribution in [0.25, 0.3) is 0 Å². The molecule has 1 unspecified atom stereocenters. The van der Waals surface area contributed by atoms with Crippen molar-refractivity contribution >= 4 is 40.7 Å². The summed E-state index contributed by atoms with van der Waals surface area (Å²) in [5.74, 6) is -1.28. The van der Waals surface area contributed by atoms with Gasteiger partial charge in [-0.1, -0.05) is 6.07 Å². The zero-order valence-electron chi connectivity index (χ0n) is 16.2. The Morgan fingerprint density at radius 2 is 1.93 bits per heavy atom. The second kappa shape index (κ2) is 8.66. The lowest BCUT2D eigenvalue weighted by molar-refractivity contribution is -0.135. The predicted octanol–water partition coefficient (Wildman–Crippen LogP) is 2.43. The lowest BCUT2D eigenvalue weighted by Gasteiger charge is -2.27. The summed E-state index contributed by atoms with van der Waals surface area (Å²) in [6.45, 7) is 0.340. The summed E-state index contributed by atoms with van der Waals surface area (Å²) in [4.78, 5) is 51.3. The van der Waals surface area contributed by atoms with Gasteiger partial charge in [0, 0.05) is 24.3 Å². The quantitative estimate of drug-likeness (QED) is 0.740. The van der Waals surface area contributed by atoms with E-state index in [2.05, 4.69) is 5.43 Å². The molecule has 0 radical (unpaired) electrons. The first kappa shape index (κ1) is 20.1. The highest BCUT2D eigenvalue weighted by atomic mass is 32.1. The number of anilines is 1. The van der Waals surface area contributed by atoms with Gasteiger partial charge in [-0.3, -0.25) is 19.8 Å². The van der Waals surface area contributed by atoms with E-state index in [4.69, 9.17) is 4.74 Å². The van der Waals surface area contributed by atoms with Gasteiger partial charge in [0.25, 0.3) is 5.91 Å². The Bertz CT molecular complexity index is 958. The van der Waals surface area contributed by atoms with Crippen LogP contribution in [0.3, 0.4) is 0 Å². The van der Waals surface area contributed by atoms with Gasteiger partial charge in [-0.15, -0.1) is 11.3 Å². The highest BCUT2D eigenvalue weighted by Gasteiger charge is 2.31. The summed E-state index contributed by atoms with van der Waals surface area (Å²) in [5.41, 5.74) is 3.22. The number of hydrogen-bond donors (Lipinski definition) is 1. The monoisotopic (exact) mass is 427 g/mol. The molecule has 1 atom stereocenters. The van der Waals surface area contributed by atoms with Crippen molar-refractivity contribution in [1.82, 2.24) is 10.3 Å². The molecule has 156 valence electrons. The minimum absolute atomic E-state index is 0.0489. The van der Waals surface area contributed by atoms with Crippen LogP contribution in [0.15, 0.2) is 41.8 Å². The highest BCUT2D eigenvalue weighted by Crippen LogP contribution is 2.34. The Labute approximate surface area is 177 Å². The largest absolute Gasteiger partial charge is 0.452 e. The number of hydrazine groups is 1. The lowest BCUT2D eigenvalue weighted by atomic mass is 10.1. The topological polar surface area (TPSA) is 96.0 Å². The number of carbonyl (C=O) groups excluding carboxylic acids is 4. The fourth-order valence-electron chi connectivity index (χ4n) is 3.67. The van der Waals surface area contributed by atoms with E-state index in [1.54, 1.807) is 28.4 Å². The van der Waals surface area contributed by atoms with Crippen LogP contribution in [-0.2, 0) is 19.1 Å². The van der Waals surface area contributed by atoms with Crippen LogP contribution in [0, 0.1) is 0 Å². The third-order valence-corrected chi connectivity index (χ3v) is 6.16. The first-order valence-electron chi connectivity index (χ1n) is 9.75. The Morgan fingerprint density at radius 3 is 2.67 bits per heavy atom. The summed E-state index contributed by atoms with van der Waals surface area (Å²) in [6.07, 6.45) is 2.14. The smallest absolute Gasteiger partial charge is 0.338 e. The van der Waals surface area contributed by atoms with E-state index < -0.39 is 5.97 Å². The van der Waals surface area contributed by atoms with Crippen LogP contribution in [0.1, 0.15) is 47.0 Å². The molecule has 3 amide bonds. The van der Waals surface area contributed by atoms with E-state index in [-0.39, 0.29) is 48.8 Å². The van der Waals surface area contributed by atoms with E-state index in [1.165, 1.54) is 17.1 Å².